The molecule has 1 aromatic heterocycles. The minimum Gasteiger partial charge on any atom is -0.462 e. The van der Waals surface area contributed by atoms with Gasteiger partial charge in [0.1, 0.15) is 0 Å². The molecule has 0 aliphatic rings. The zero-order valence-electron chi connectivity index (χ0n) is 7.60. The van der Waals surface area contributed by atoms with Gasteiger partial charge in [0, 0.05) is 17.5 Å². The Morgan fingerprint density at radius 3 is 2.71 bits per heavy atom. The van der Waals surface area contributed by atoms with Crippen LogP contribution in [-0.4, -0.2) is 7.05 Å². The van der Waals surface area contributed by atoms with Crippen LogP contribution in [0.3, 0.4) is 0 Å². The number of fused-ring (bicyclic) bond motifs is 1. The second kappa shape index (κ2) is 3.81. The van der Waals surface area contributed by atoms with E-state index in [9.17, 15) is 0 Å². The van der Waals surface area contributed by atoms with Gasteiger partial charge < -0.3 is 9.73 Å². The molecule has 0 unspecified atom stereocenters. The molecule has 1 aromatic carbocycles. The van der Waals surface area contributed by atoms with Gasteiger partial charge in [0.2, 0.25) is 0 Å². The van der Waals surface area contributed by atoms with Crippen molar-refractivity contribution in [1.82, 2.24) is 5.32 Å². The van der Waals surface area contributed by atoms with Gasteiger partial charge in [0.25, 0.3) is 0 Å². The van der Waals surface area contributed by atoms with Crippen LogP contribution in [0, 0.1) is 0 Å². The number of benzene rings is 1. The second-order valence-electron chi connectivity index (χ2n) is 3.02. The number of hydrogen-bond donors (Lipinski definition) is 1. The molecule has 0 atom stereocenters. The largest absolute Gasteiger partial charge is 0.462 e. The predicted molar refractivity (Wildman–Crippen MR) is 59.0 cm³/mol. The van der Waals surface area contributed by atoms with E-state index in [4.69, 9.17) is 27.6 Å². The second-order valence-corrected chi connectivity index (χ2v) is 3.84. The van der Waals surface area contributed by atoms with Crippen LogP contribution >= 0.6 is 23.2 Å². The third-order valence-corrected chi connectivity index (χ3v) is 2.68. The van der Waals surface area contributed by atoms with Gasteiger partial charge in [-0.25, -0.2) is 0 Å². The Morgan fingerprint density at radius 2 is 2.00 bits per heavy atom. The highest BCUT2D eigenvalue weighted by Crippen LogP contribution is 2.33. The molecule has 4 heteroatoms. The van der Waals surface area contributed by atoms with E-state index in [1.54, 1.807) is 18.4 Å². The average molecular weight is 230 g/mol. The first-order chi connectivity index (χ1) is 6.74. The van der Waals surface area contributed by atoms with Crippen molar-refractivity contribution in [2.24, 2.45) is 0 Å². The van der Waals surface area contributed by atoms with Crippen molar-refractivity contribution in [3.05, 3.63) is 34.0 Å². The van der Waals surface area contributed by atoms with Crippen molar-refractivity contribution in [1.29, 1.82) is 0 Å². The predicted octanol–water partition coefficient (Wildman–Crippen LogP) is 3.46. The Bertz CT molecular complexity index is 464. The van der Waals surface area contributed by atoms with Gasteiger partial charge in [-0.15, -0.1) is 0 Å². The van der Waals surface area contributed by atoms with Crippen LogP contribution in [0.15, 0.2) is 22.8 Å². The lowest BCUT2D eigenvalue weighted by molar-refractivity contribution is 0.607. The topological polar surface area (TPSA) is 25.2 Å². The van der Waals surface area contributed by atoms with Crippen LogP contribution in [0.5, 0.6) is 0 Å². The fraction of sp³-hybridized carbons (Fsp3) is 0.200. The summed E-state index contributed by atoms with van der Waals surface area (Å²) in [7, 11) is 1.87. The van der Waals surface area contributed by atoms with Gasteiger partial charge >= 0.3 is 0 Å². The molecule has 0 fully saturated rings. The number of furan rings is 1. The quantitative estimate of drug-likeness (QED) is 0.854. The molecule has 0 bridgehead atoms. The smallest absolute Gasteiger partial charge is 0.154 e. The standard InChI is InChI=1S/C10H9Cl2NO/c1-13-4-6-5-14-10-8(12)3-2-7(11)9(6)10/h2-3,5,13H,4H2,1H3. The van der Waals surface area contributed by atoms with Crippen LogP contribution in [0.2, 0.25) is 10.0 Å². The molecule has 0 spiro atoms. The lowest BCUT2D eigenvalue weighted by atomic mass is 10.2. The molecule has 0 radical (unpaired) electrons. The summed E-state index contributed by atoms with van der Waals surface area (Å²) >= 11 is 12.0. The van der Waals surface area contributed by atoms with E-state index in [2.05, 4.69) is 5.32 Å². The first kappa shape index (κ1) is 9.84. The fourth-order valence-electron chi connectivity index (χ4n) is 1.46. The third kappa shape index (κ3) is 1.50. The van der Waals surface area contributed by atoms with E-state index in [1.807, 2.05) is 7.05 Å². The first-order valence-electron chi connectivity index (χ1n) is 4.22. The van der Waals surface area contributed by atoms with Crippen molar-refractivity contribution >= 4 is 34.2 Å². The molecule has 2 aromatic rings. The maximum absolute atomic E-state index is 6.06. The van der Waals surface area contributed by atoms with E-state index in [1.165, 1.54) is 0 Å². The number of halogens is 2. The van der Waals surface area contributed by atoms with E-state index in [0.717, 1.165) is 10.9 Å². The number of hydrogen-bond acceptors (Lipinski definition) is 2. The lowest BCUT2D eigenvalue weighted by Crippen LogP contribution is -2.04. The zero-order valence-corrected chi connectivity index (χ0v) is 9.12. The highest BCUT2D eigenvalue weighted by molar-refractivity contribution is 6.39. The molecule has 0 saturated carbocycles. The van der Waals surface area contributed by atoms with E-state index >= 15 is 0 Å². The molecule has 14 heavy (non-hydrogen) atoms. The van der Waals surface area contributed by atoms with Crippen LogP contribution < -0.4 is 5.32 Å². The normalized spacial score (nSPS) is 11.1. The van der Waals surface area contributed by atoms with Gasteiger partial charge in [-0.2, -0.15) is 0 Å². The van der Waals surface area contributed by atoms with Gasteiger partial charge in [-0.1, -0.05) is 23.2 Å². The Kier molecular flexibility index (Phi) is 2.68. The Labute approximate surface area is 91.8 Å². The monoisotopic (exact) mass is 229 g/mol. The molecule has 2 rings (SSSR count). The summed E-state index contributed by atoms with van der Waals surface area (Å²) in [6.45, 7) is 0.715. The highest BCUT2D eigenvalue weighted by atomic mass is 35.5. The van der Waals surface area contributed by atoms with Gasteiger partial charge in [0.15, 0.2) is 5.58 Å². The summed E-state index contributed by atoms with van der Waals surface area (Å²) in [6.07, 6.45) is 1.68. The maximum Gasteiger partial charge on any atom is 0.154 e. The van der Waals surface area contributed by atoms with Crippen LogP contribution in [0.4, 0.5) is 0 Å². The summed E-state index contributed by atoms with van der Waals surface area (Å²) in [5.74, 6) is 0. The van der Waals surface area contributed by atoms with Crippen LogP contribution in [0.1, 0.15) is 5.56 Å². The SMILES string of the molecule is CNCc1coc2c(Cl)ccc(Cl)c12. The zero-order chi connectivity index (χ0) is 10.1. The van der Waals surface area contributed by atoms with E-state index < -0.39 is 0 Å². The fourth-order valence-corrected chi connectivity index (χ4v) is 1.93. The van der Waals surface area contributed by atoms with E-state index in [-0.39, 0.29) is 0 Å². The first-order valence-corrected chi connectivity index (χ1v) is 4.98. The van der Waals surface area contributed by atoms with Gasteiger partial charge in [0.05, 0.1) is 16.3 Å². The number of nitrogens with one attached hydrogen (secondary N) is 1. The summed E-state index contributed by atoms with van der Waals surface area (Å²) < 4.78 is 5.36. The van der Waals surface area contributed by atoms with Crippen LogP contribution in [0.25, 0.3) is 11.0 Å². The van der Waals surface area contributed by atoms with Crippen molar-refractivity contribution in [2.75, 3.05) is 7.05 Å². The minimum atomic E-state index is 0.590. The summed E-state index contributed by atoms with van der Waals surface area (Å²) in [5.41, 5.74) is 1.68. The molecule has 0 aliphatic carbocycles. The molecule has 0 saturated heterocycles. The highest BCUT2D eigenvalue weighted by Gasteiger charge is 2.11. The molecule has 2 nitrogen and oxygen atoms in total. The Hall–Kier alpha value is -0.700. The van der Waals surface area contributed by atoms with Crippen molar-refractivity contribution in [3.63, 3.8) is 0 Å². The van der Waals surface area contributed by atoms with Crippen molar-refractivity contribution in [3.8, 4) is 0 Å². The molecular weight excluding hydrogens is 221 g/mol. The molecule has 0 amide bonds. The summed E-state index contributed by atoms with van der Waals surface area (Å²) in [6, 6.07) is 3.51. The lowest BCUT2D eigenvalue weighted by Gasteiger charge is -1.98. The summed E-state index contributed by atoms with van der Waals surface area (Å²) in [5, 5.41) is 5.20. The molecule has 0 aliphatic heterocycles. The summed E-state index contributed by atoms with van der Waals surface area (Å²) in [4.78, 5) is 0. The Balaban J connectivity index is 2.70. The van der Waals surface area contributed by atoms with Crippen molar-refractivity contribution in [2.45, 2.75) is 6.54 Å². The van der Waals surface area contributed by atoms with Crippen LogP contribution in [-0.2, 0) is 6.54 Å². The van der Waals surface area contributed by atoms with Crippen molar-refractivity contribution < 1.29 is 4.42 Å². The van der Waals surface area contributed by atoms with E-state index in [0.29, 0.717) is 22.2 Å². The Morgan fingerprint density at radius 1 is 1.29 bits per heavy atom. The molecular formula is C10H9Cl2NO. The molecule has 1 N–H and O–H groups in total. The third-order valence-electron chi connectivity index (χ3n) is 2.07. The van der Waals surface area contributed by atoms with Gasteiger partial charge in [-0.3, -0.25) is 0 Å². The van der Waals surface area contributed by atoms with Gasteiger partial charge in [-0.05, 0) is 19.2 Å². The minimum absolute atomic E-state index is 0.590. The average Bonchev–Trinajstić information content (AvgIpc) is 2.58. The number of rotatable bonds is 2. The molecule has 74 valence electrons. The maximum atomic E-state index is 6.06. The molecule has 1 heterocycles.